The van der Waals surface area contributed by atoms with E-state index in [2.05, 4.69) is 0 Å². The first-order chi connectivity index (χ1) is 13.9. The maximum Gasteiger partial charge on any atom is 0.156 e. The average Bonchev–Trinajstić information content (AvgIpc) is 2.94. The second-order valence-corrected chi connectivity index (χ2v) is 14.6. The summed E-state index contributed by atoms with van der Waals surface area (Å²) >= 11 is 5.69. The van der Waals surface area contributed by atoms with Crippen molar-refractivity contribution in [3.05, 3.63) is 59.2 Å². The number of alkyl halides is 1. The standard InChI is InChI=1S/C23H29ClO4S2/c1-16(2)29(25,26)15-22-19-8-6-5-7-18(19)21-13-17(9-10-20(21)22)14-23(3,4)30(27,28)12-11-24/h5-10,13,16,22H,11-12,14-15H2,1-4H3. The molecule has 1 atom stereocenters. The maximum atomic E-state index is 12.7. The molecule has 2 aromatic rings. The highest BCUT2D eigenvalue weighted by Crippen LogP contribution is 2.46. The topological polar surface area (TPSA) is 68.3 Å². The highest BCUT2D eigenvalue weighted by Gasteiger charge is 2.36. The van der Waals surface area contributed by atoms with Gasteiger partial charge in [0.15, 0.2) is 19.7 Å². The van der Waals surface area contributed by atoms with E-state index in [0.29, 0.717) is 6.42 Å². The summed E-state index contributed by atoms with van der Waals surface area (Å²) in [5, 5.41) is -0.430. The molecule has 0 bridgehead atoms. The molecule has 3 rings (SSSR count). The fraction of sp³-hybridized carbons (Fsp3) is 0.478. The van der Waals surface area contributed by atoms with Crippen molar-refractivity contribution < 1.29 is 16.8 Å². The van der Waals surface area contributed by atoms with Gasteiger partial charge < -0.3 is 0 Å². The van der Waals surface area contributed by atoms with Crippen molar-refractivity contribution in [3.63, 3.8) is 0 Å². The molecule has 0 fully saturated rings. The van der Waals surface area contributed by atoms with Gasteiger partial charge in [-0.05, 0) is 61.9 Å². The summed E-state index contributed by atoms with van der Waals surface area (Å²) in [6.07, 6.45) is 0.372. The van der Waals surface area contributed by atoms with Crippen molar-refractivity contribution in [1.82, 2.24) is 0 Å². The first-order valence-electron chi connectivity index (χ1n) is 10.1. The lowest BCUT2D eigenvalue weighted by atomic mass is 9.95. The lowest BCUT2D eigenvalue weighted by Crippen LogP contribution is -2.36. The Hall–Kier alpha value is -1.37. The highest BCUT2D eigenvalue weighted by molar-refractivity contribution is 7.92. The predicted octanol–water partition coefficient (Wildman–Crippen LogP) is 4.60. The molecule has 0 spiro atoms. The molecule has 164 valence electrons. The molecule has 0 saturated carbocycles. The van der Waals surface area contributed by atoms with Crippen molar-refractivity contribution >= 4 is 31.3 Å². The van der Waals surface area contributed by atoms with E-state index in [4.69, 9.17) is 11.6 Å². The van der Waals surface area contributed by atoms with Gasteiger partial charge in [-0.15, -0.1) is 11.6 Å². The second-order valence-electron chi connectivity index (χ2n) is 8.88. The average molecular weight is 469 g/mol. The van der Waals surface area contributed by atoms with E-state index in [-0.39, 0.29) is 23.3 Å². The summed E-state index contributed by atoms with van der Waals surface area (Å²) in [7, 11) is -6.56. The first kappa shape index (κ1) is 23.3. The largest absolute Gasteiger partial charge is 0.229 e. The Kier molecular flexibility index (Phi) is 6.43. The zero-order chi connectivity index (χ0) is 22.3. The molecule has 7 heteroatoms. The summed E-state index contributed by atoms with van der Waals surface area (Å²) in [6, 6.07) is 13.8. The van der Waals surface area contributed by atoms with Crippen LogP contribution in [0.3, 0.4) is 0 Å². The van der Waals surface area contributed by atoms with Gasteiger partial charge in [0.25, 0.3) is 0 Å². The summed E-state index contributed by atoms with van der Waals surface area (Å²) < 4.78 is 49.6. The van der Waals surface area contributed by atoms with Crippen molar-refractivity contribution in [2.24, 2.45) is 0 Å². The Morgan fingerprint density at radius 2 is 1.60 bits per heavy atom. The van der Waals surface area contributed by atoms with Gasteiger partial charge >= 0.3 is 0 Å². The third kappa shape index (κ3) is 4.32. The van der Waals surface area contributed by atoms with Crippen LogP contribution in [-0.2, 0) is 26.1 Å². The van der Waals surface area contributed by atoms with Crippen LogP contribution in [0, 0.1) is 0 Å². The Morgan fingerprint density at radius 3 is 2.23 bits per heavy atom. The zero-order valence-electron chi connectivity index (χ0n) is 17.9. The number of hydrogen-bond acceptors (Lipinski definition) is 4. The number of hydrogen-bond donors (Lipinski definition) is 0. The number of benzene rings is 2. The quantitative estimate of drug-likeness (QED) is 0.531. The molecule has 0 amide bonds. The van der Waals surface area contributed by atoms with Gasteiger partial charge in [-0.1, -0.05) is 42.5 Å². The Morgan fingerprint density at radius 1 is 0.967 bits per heavy atom. The monoisotopic (exact) mass is 468 g/mol. The van der Waals surface area contributed by atoms with Crippen LogP contribution >= 0.6 is 11.6 Å². The molecule has 30 heavy (non-hydrogen) atoms. The molecule has 1 aliphatic carbocycles. The van der Waals surface area contributed by atoms with Gasteiger partial charge in [0, 0.05) is 11.8 Å². The van der Waals surface area contributed by atoms with E-state index in [1.165, 1.54) is 0 Å². The number of sulfone groups is 2. The number of rotatable bonds is 8. The van der Waals surface area contributed by atoms with Gasteiger partial charge in [-0.2, -0.15) is 0 Å². The lowest BCUT2D eigenvalue weighted by molar-refractivity contribution is 0.545. The molecule has 1 unspecified atom stereocenters. The van der Waals surface area contributed by atoms with Gasteiger partial charge in [-0.3, -0.25) is 0 Å². The van der Waals surface area contributed by atoms with Crippen LogP contribution in [0.1, 0.15) is 50.3 Å². The molecule has 1 aliphatic rings. The predicted molar refractivity (Wildman–Crippen MR) is 125 cm³/mol. The fourth-order valence-electron chi connectivity index (χ4n) is 4.05. The van der Waals surface area contributed by atoms with E-state index < -0.39 is 29.7 Å². The summed E-state index contributed by atoms with van der Waals surface area (Å²) in [5.41, 5.74) is 4.95. The number of fused-ring (bicyclic) bond motifs is 3. The third-order valence-corrected chi connectivity index (χ3v) is 11.3. The molecular formula is C23H29ClO4S2. The molecular weight excluding hydrogens is 440 g/mol. The molecule has 0 aliphatic heterocycles. The van der Waals surface area contributed by atoms with Crippen LogP contribution in [0.2, 0.25) is 0 Å². The van der Waals surface area contributed by atoms with E-state index in [9.17, 15) is 16.8 Å². The molecule has 2 aromatic carbocycles. The molecule has 0 heterocycles. The van der Waals surface area contributed by atoms with Crippen molar-refractivity contribution in [2.45, 2.75) is 50.0 Å². The van der Waals surface area contributed by atoms with Crippen LogP contribution in [0.25, 0.3) is 11.1 Å². The Balaban J connectivity index is 2.02. The Labute approximate surface area is 185 Å². The lowest BCUT2D eigenvalue weighted by Gasteiger charge is -2.25. The fourth-order valence-corrected chi connectivity index (χ4v) is 7.01. The van der Waals surface area contributed by atoms with Gasteiger partial charge in [-0.25, -0.2) is 16.8 Å². The van der Waals surface area contributed by atoms with Crippen molar-refractivity contribution in [1.29, 1.82) is 0 Å². The third-order valence-electron chi connectivity index (χ3n) is 6.05. The van der Waals surface area contributed by atoms with Crippen molar-refractivity contribution in [2.75, 3.05) is 17.4 Å². The minimum absolute atomic E-state index is 0.0511. The van der Waals surface area contributed by atoms with Gasteiger partial charge in [0.1, 0.15) is 0 Å². The summed E-state index contributed by atoms with van der Waals surface area (Å²) in [5.74, 6) is -0.102. The molecule has 4 nitrogen and oxygen atoms in total. The Bertz CT molecular complexity index is 1150. The van der Waals surface area contributed by atoms with Crippen LogP contribution in [0.5, 0.6) is 0 Å². The zero-order valence-corrected chi connectivity index (χ0v) is 20.2. The van der Waals surface area contributed by atoms with E-state index in [0.717, 1.165) is 27.8 Å². The minimum atomic E-state index is -3.34. The highest BCUT2D eigenvalue weighted by atomic mass is 35.5. The van der Waals surface area contributed by atoms with Crippen LogP contribution in [0.4, 0.5) is 0 Å². The first-order valence-corrected chi connectivity index (χ1v) is 14.0. The molecule has 0 saturated heterocycles. The van der Waals surface area contributed by atoms with E-state index >= 15 is 0 Å². The van der Waals surface area contributed by atoms with Crippen LogP contribution < -0.4 is 0 Å². The summed E-state index contributed by atoms with van der Waals surface area (Å²) in [4.78, 5) is 0. The van der Waals surface area contributed by atoms with Crippen molar-refractivity contribution in [3.8, 4) is 11.1 Å². The smallest absolute Gasteiger partial charge is 0.156 e. The number of halogens is 1. The van der Waals surface area contributed by atoms with Gasteiger partial charge in [0.2, 0.25) is 0 Å². The maximum absolute atomic E-state index is 12.7. The van der Waals surface area contributed by atoms with E-state index in [1.54, 1.807) is 27.7 Å². The van der Waals surface area contributed by atoms with E-state index in [1.807, 2.05) is 42.5 Å². The normalized spacial score (nSPS) is 16.5. The van der Waals surface area contributed by atoms with Crippen LogP contribution in [0.15, 0.2) is 42.5 Å². The molecule has 0 radical (unpaired) electrons. The minimum Gasteiger partial charge on any atom is -0.229 e. The second kappa shape index (κ2) is 8.29. The summed E-state index contributed by atoms with van der Waals surface area (Å²) in [6.45, 7) is 6.88. The van der Waals surface area contributed by atoms with Crippen LogP contribution in [-0.4, -0.2) is 44.2 Å². The SMILES string of the molecule is CC(C)S(=O)(=O)CC1c2ccccc2-c2cc(CC(C)(C)S(=O)(=O)CCCl)ccc21. The molecule has 0 aromatic heterocycles. The van der Waals surface area contributed by atoms with Gasteiger partial charge in [0.05, 0.1) is 21.5 Å². The molecule has 0 N–H and O–H groups in total.